The molecule has 0 aliphatic heterocycles. The van der Waals surface area contributed by atoms with Crippen LogP contribution in [0, 0.1) is 0 Å². The number of hydrogen-bond donors (Lipinski definition) is 0. The Bertz CT molecular complexity index is 3180. The molecule has 266 valence electrons. The van der Waals surface area contributed by atoms with Crippen LogP contribution in [-0.4, -0.2) is 0 Å². The molecular formula is C56H37N. The van der Waals surface area contributed by atoms with Crippen molar-refractivity contribution in [3.05, 3.63) is 238 Å². The largest absolute Gasteiger partial charge is 0.336 e. The lowest BCUT2D eigenvalue weighted by atomic mass is 9.70. The molecule has 1 unspecified atom stereocenters. The number of nitrogens with zero attached hydrogens (tertiary/aromatic N) is 1. The molecule has 57 heavy (non-hydrogen) atoms. The van der Waals surface area contributed by atoms with Gasteiger partial charge in [-0.15, -0.1) is 0 Å². The summed E-state index contributed by atoms with van der Waals surface area (Å²) in [6, 6.07) is 71.4. The predicted molar refractivity (Wildman–Crippen MR) is 235 cm³/mol. The van der Waals surface area contributed by atoms with Crippen molar-refractivity contribution in [3.63, 3.8) is 0 Å². The topological polar surface area (TPSA) is 3.24 Å². The molecule has 1 nitrogen and oxygen atoms in total. The summed E-state index contributed by atoms with van der Waals surface area (Å²) < 4.78 is 0. The Labute approximate surface area is 333 Å². The molecule has 0 saturated heterocycles. The normalized spacial score (nSPS) is 15.7. The van der Waals surface area contributed by atoms with Crippen LogP contribution >= 0.6 is 0 Å². The lowest BCUT2D eigenvalue weighted by Crippen LogP contribution is -2.26. The Morgan fingerprint density at radius 2 is 0.982 bits per heavy atom. The van der Waals surface area contributed by atoms with E-state index in [4.69, 9.17) is 0 Å². The fourth-order valence-electron chi connectivity index (χ4n) is 11.3. The summed E-state index contributed by atoms with van der Waals surface area (Å²) >= 11 is 0. The molecule has 0 N–H and O–H groups in total. The zero-order valence-corrected chi connectivity index (χ0v) is 31.5. The average Bonchev–Trinajstić information content (AvgIpc) is 4.00. The van der Waals surface area contributed by atoms with Crippen LogP contribution in [0.2, 0.25) is 0 Å². The van der Waals surface area contributed by atoms with Crippen LogP contribution in [0.4, 0.5) is 11.4 Å². The van der Waals surface area contributed by atoms with Gasteiger partial charge < -0.3 is 4.90 Å². The SMILES string of the molecule is c1ccc2c(c1)Cc1cc(N(Cc3cccc4c3-c3ccccc3C43c4ccccc4-c4c3ccc3ccccc43)c3cccc4c3-c3ccccc3C4)ccc1-2. The minimum atomic E-state index is -0.408. The highest BCUT2D eigenvalue weighted by Gasteiger charge is 2.52. The first-order chi connectivity index (χ1) is 28.3. The average molecular weight is 724 g/mol. The van der Waals surface area contributed by atoms with Crippen LogP contribution < -0.4 is 4.90 Å². The van der Waals surface area contributed by atoms with Crippen molar-refractivity contribution in [2.45, 2.75) is 24.8 Å². The Kier molecular flexibility index (Phi) is 6.33. The quantitative estimate of drug-likeness (QED) is 0.175. The smallest absolute Gasteiger partial charge is 0.0725 e. The standard InChI is InChI=1S/C56H37N/c1-5-19-44-35(13-1)27-30-51-55(44)47-22-8-10-24-49(47)56(51)48-23-9-7-21-46(48)53-39(17-11-25-50(53)56)34-57(41-28-29-43-40(33-41)32-36-14-2-4-18-42(36)43)52-26-12-16-38-31-37-15-3-6-20-45(37)54(38)52/h1-30,33H,31-32,34H2. The zero-order chi connectivity index (χ0) is 37.2. The van der Waals surface area contributed by atoms with Crippen molar-refractivity contribution in [3.8, 4) is 44.5 Å². The molecule has 0 heterocycles. The molecule has 4 aliphatic carbocycles. The first-order valence-electron chi connectivity index (χ1n) is 20.3. The van der Waals surface area contributed by atoms with Crippen LogP contribution in [0.1, 0.15) is 50.1 Å². The second-order valence-electron chi connectivity index (χ2n) is 16.3. The van der Waals surface area contributed by atoms with Gasteiger partial charge in [0.25, 0.3) is 0 Å². The summed E-state index contributed by atoms with van der Waals surface area (Å²) in [5.41, 5.74) is 25.5. The summed E-state index contributed by atoms with van der Waals surface area (Å²) in [5.74, 6) is 0. The minimum Gasteiger partial charge on any atom is -0.336 e. The second kappa shape index (κ2) is 11.5. The molecule has 13 rings (SSSR count). The van der Waals surface area contributed by atoms with Crippen LogP contribution in [-0.2, 0) is 24.8 Å². The Morgan fingerprint density at radius 1 is 0.386 bits per heavy atom. The third-order valence-electron chi connectivity index (χ3n) is 13.6. The third-order valence-corrected chi connectivity index (χ3v) is 13.6. The van der Waals surface area contributed by atoms with Gasteiger partial charge in [-0.2, -0.15) is 0 Å². The Hall–Kier alpha value is -6.96. The van der Waals surface area contributed by atoms with Crippen molar-refractivity contribution < 1.29 is 0 Å². The van der Waals surface area contributed by atoms with E-state index in [9.17, 15) is 0 Å². The summed E-state index contributed by atoms with van der Waals surface area (Å²) in [4.78, 5) is 2.62. The van der Waals surface area contributed by atoms with Crippen molar-refractivity contribution in [1.82, 2.24) is 0 Å². The molecule has 0 fully saturated rings. The molecule has 0 amide bonds. The van der Waals surface area contributed by atoms with Gasteiger partial charge in [0.15, 0.2) is 0 Å². The van der Waals surface area contributed by atoms with E-state index in [0.717, 1.165) is 19.4 Å². The van der Waals surface area contributed by atoms with E-state index < -0.39 is 5.41 Å². The molecule has 0 saturated carbocycles. The van der Waals surface area contributed by atoms with Gasteiger partial charge in [-0.25, -0.2) is 0 Å². The summed E-state index contributed by atoms with van der Waals surface area (Å²) in [5, 5.41) is 2.61. The maximum absolute atomic E-state index is 2.62. The van der Waals surface area contributed by atoms with E-state index in [1.54, 1.807) is 0 Å². The minimum absolute atomic E-state index is 0.408. The van der Waals surface area contributed by atoms with Crippen LogP contribution in [0.3, 0.4) is 0 Å². The van der Waals surface area contributed by atoms with Gasteiger partial charge in [0.1, 0.15) is 0 Å². The van der Waals surface area contributed by atoms with Gasteiger partial charge >= 0.3 is 0 Å². The molecule has 1 spiro atoms. The van der Waals surface area contributed by atoms with E-state index in [1.165, 1.54) is 117 Å². The fourth-order valence-corrected chi connectivity index (χ4v) is 11.3. The van der Waals surface area contributed by atoms with Crippen molar-refractivity contribution >= 4 is 22.1 Å². The number of hydrogen-bond acceptors (Lipinski definition) is 1. The molecule has 0 radical (unpaired) electrons. The van der Waals surface area contributed by atoms with Crippen molar-refractivity contribution in [1.29, 1.82) is 0 Å². The van der Waals surface area contributed by atoms with E-state index in [2.05, 4.69) is 193 Å². The van der Waals surface area contributed by atoms with E-state index >= 15 is 0 Å². The van der Waals surface area contributed by atoms with Crippen molar-refractivity contribution in [2.24, 2.45) is 0 Å². The van der Waals surface area contributed by atoms with E-state index in [1.807, 2.05) is 0 Å². The second-order valence-corrected chi connectivity index (χ2v) is 16.3. The molecule has 1 heteroatoms. The van der Waals surface area contributed by atoms with Crippen LogP contribution in [0.15, 0.2) is 188 Å². The lowest BCUT2D eigenvalue weighted by molar-refractivity contribution is 0.793. The first kappa shape index (κ1) is 31.3. The van der Waals surface area contributed by atoms with Crippen LogP contribution in [0.5, 0.6) is 0 Å². The molecule has 9 aromatic rings. The monoisotopic (exact) mass is 723 g/mol. The van der Waals surface area contributed by atoms with Gasteiger partial charge in [0.05, 0.1) is 5.41 Å². The summed E-state index contributed by atoms with van der Waals surface area (Å²) in [7, 11) is 0. The number of benzene rings is 9. The van der Waals surface area contributed by atoms with Gasteiger partial charge in [0.2, 0.25) is 0 Å². The zero-order valence-electron chi connectivity index (χ0n) is 31.5. The fraction of sp³-hybridized carbons (Fsp3) is 0.0714. The Morgan fingerprint density at radius 3 is 1.82 bits per heavy atom. The molecule has 0 aromatic heterocycles. The van der Waals surface area contributed by atoms with E-state index in [0.29, 0.717) is 0 Å². The molecule has 9 aromatic carbocycles. The number of fused-ring (bicyclic) bond motifs is 18. The Balaban J connectivity index is 1.05. The van der Waals surface area contributed by atoms with Gasteiger partial charge in [-0.1, -0.05) is 170 Å². The van der Waals surface area contributed by atoms with Gasteiger partial charge in [0, 0.05) is 23.5 Å². The molecule has 4 aliphatic rings. The van der Waals surface area contributed by atoms with Crippen LogP contribution in [0.25, 0.3) is 55.3 Å². The lowest BCUT2D eigenvalue weighted by Gasteiger charge is -2.31. The third kappa shape index (κ3) is 4.13. The maximum Gasteiger partial charge on any atom is 0.0725 e. The van der Waals surface area contributed by atoms with Gasteiger partial charge in [-0.05, 0) is 131 Å². The highest BCUT2D eigenvalue weighted by atomic mass is 15.1. The van der Waals surface area contributed by atoms with Gasteiger partial charge in [-0.3, -0.25) is 0 Å². The predicted octanol–water partition coefficient (Wildman–Crippen LogP) is 13.7. The summed E-state index contributed by atoms with van der Waals surface area (Å²) in [6.45, 7) is 0.740. The highest BCUT2D eigenvalue weighted by molar-refractivity contribution is 6.06. The summed E-state index contributed by atoms with van der Waals surface area (Å²) in [6.07, 6.45) is 1.93. The molecule has 0 bridgehead atoms. The first-order valence-corrected chi connectivity index (χ1v) is 20.3. The van der Waals surface area contributed by atoms with Crippen molar-refractivity contribution in [2.75, 3.05) is 4.90 Å². The number of rotatable bonds is 4. The number of anilines is 2. The molecule has 1 atom stereocenters. The molecular weight excluding hydrogens is 687 g/mol. The maximum atomic E-state index is 2.62. The highest BCUT2D eigenvalue weighted by Crippen LogP contribution is 2.64. The van der Waals surface area contributed by atoms with E-state index in [-0.39, 0.29) is 0 Å².